The lowest BCUT2D eigenvalue weighted by molar-refractivity contribution is -0.130. The van der Waals surface area contributed by atoms with Crippen molar-refractivity contribution in [3.63, 3.8) is 0 Å². The molecule has 5 aliphatic rings. The SMILES string of the molecule is C[C@H](CO)CCC1O[C@H]2C[C@H]3[C@@H]4CC[C@H]5C[C@@H](O)CC[C@]5(C)[C@H]4CC[C@]3(C)[C@H]2[C@@H]1C. The van der Waals surface area contributed by atoms with E-state index in [9.17, 15) is 10.2 Å². The van der Waals surface area contributed by atoms with Crippen LogP contribution in [-0.4, -0.2) is 35.1 Å². The van der Waals surface area contributed by atoms with Crippen LogP contribution in [0.1, 0.15) is 91.9 Å². The van der Waals surface area contributed by atoms with Gasteiger partial charge in [0.1, 0.15) is 0 Å². The second-order valence-electron chi connectivity index (χ2n) is 12.8. The van der Waals surface area contributed by atoms with Crippen molar-refractivity contribution in [1.82, 2.24) is 0 Å². The molecule has 5 rings (SSSR count). The van der Waals surface area contributed by atoms with Gasteiger partial charge in [-0.3, -0.25) is 0 Å². The summed E-state index contributed by atoms with van der Waals surface area (Å²) >= 11 is 0. The summed E-state index contributed by atoms with van der Waals surface area (Å²) in [5, 5.41) is 19.7. The fourth-order valence-corrected chi connectivity index (χ4v) is 9.79. The van der Waals surface area contributed by atoms with E-state index in [0.29, 0.717) is 41.5 Å². The van der Waals surface area contributed by atoms with Gasteiger partial charge in [-0.2, -0.15) is 0 Å². The van der Waals surface area contributed by atoms with Crippen molar-refractivity contribution in [1.29, 1.82) is 0 Å². The van der Waals surface area contributed by atoms with Crippen molar-refractivity contribution < 1.29 is 14.9 Å². The second kappa shape index (κ2) is 7.73. The maximum Gasteiger partial charge on any atom is 0.0618 e. The molecule has 30 heavy (non-hydrogen) atoms. The third-order valence-corrected chi connectivity index (χ3v) is 11.5. The van der Waals surface area contributed by atoms with E-state index < -0.39 is 0 Å². The molecule has 1 aliphatic heterocycles. The summed E-state index contributed by atoms with van der Waals surface area (Å²) in [6, 6.07) is 0. The van der Waals surface area contributed by atoms with Gasteiger partial charge in [0.05, 0.1) is 18.3 Å². The fraction of sp³-hybridized carbons (Fsp3) is 1.00. The van der Waals surface area contributed by atoms with Crippen LogP contribution in [0.2, 0.25) is 0 Å². The topological polar surface area (TPSA) is 49.7 Å². The van der Waals surface area contributed by atoms with Gasteiger partial charge in [-0.05, 0) is 116 Å². The number of fused-ring (bicyclic) bond motifs is 7. The Labute approximate surface area is 184 Å². The maximum atomic E-state index is 10.3. The molecule has 12 atom stereocenters. The zero-order valence-corrected chi connectivity index (χ0v) is 19.9. The molecule has 0 aromatic rings. The van der Waals surface area contributed by atoms with Crippen LogP contribution in [0.15, 0.2) is 0 Å². The Morgan fingerprint density at radius 1 is 1.00 bits per heavy atom. The van der Waals surface area contributed by atoms with Gasteiger partial charge < -0.3 is 14.9 Å². The lowest BCUT2D eigenvalue weighted by atomic mass is 9.44. The van der Waals surface area contributed by atoms with Gasteiger partial charge in [-0.25, -0.2) is 0 Å². The minimum absolute atomic E-state index is 0.0425. The third kappa shape index (κ3) is 3.16. The number of hydrogen-bond donors (Lipinski definition) is 2. The predicted octanol–water partition coefficient (Wildman–Crippen LogP) is 5.43. The number of rotatable bonds is 4. The van der Waals surface area contributed by atoms with E-state index in [0.717, 1.165) is 55.3 Å². The Morgan fingerprint density at radius 2 is 1.77 bits per heavy atom. The van der Waals surface area contributed by atoms with Crippen molar-refractivity contribution in [3.05, 3.63) is 0 Å². The van der Waals surface area contributed by atoms with Gasteiger partial charge in [0.25, 0.3) is 0 Å². The Balaban J connectivity index is 1.32. The monoisotopic (exact) mass is 418 g/mol. The van der Waals surface area contributed by atoms with E-state index in [1.165, 1.54) is 38.5 Å². The van der Waals surface area contributed by atoms with Crippen LogP contribution in [0.4, 0.5) is 0 Å². The highest BCUT2D eigenvalue weighted by Gasteiger charge is 2.65. The highest BCUT2D eigenvalue weighted by Crippen LogP contribution is 2.70. The lowest BCUT2D eigenvalue weighted by Crippen LogP contribution is -2.54. The molecule has 4 saturated carbocycles. The molecule has 172 valence electrons. The van der Waals surface area contributed by atoms with Crippen molar-refractivity contribution in [2.75, 3.05) is 6.61 Å². The molecule has 0 aromatic heterocycles. The van der Waals surface area contributed by atoms with Gasteiger partial charge in [-0.15, -0.1) is 0 Å². The van der Waals surface area contributed by atoms with Gasteiger partial charge in [0.15, 0.2) is 0 Å². The average Bonchev–Trinajstić information content (AvgIpc) is 3.20. The summed E-state index contributed by atoms with van der Waals surface area (Å²) in [6.45, 7) is 10.2. The minimum Gasteiger partial charge on any atom is -0.396 e. The highest BCUT2D eigenvalue weighted by atomic mass is 16.5. The molecule has 1 saturated heterocycles. The normalized spacial score (nSPS) is 56.0. The Morgan fingerprint density at radius 3 is 2.53 bits per heavy atom. The molecule has 0 aromatic carbocycles. The van der Waals surface area contributed by atoms with Crippen LogP contribution < -0.4 is 0 Å². The molecular weight excluding hydrogens is 372 g/mol. The summed E-state index contributed by atoms with van der Waals surface area (Å²) in [6.07, 6.45) is 13.2. The number of aliphatic hydroxyl groups excluding tert-OH is 2. The maximum absolute atomic E-state index is 10.3. The first kappa shape index (κ1) is 21.7. The first-order chi connectivity index (χ1) is 14.3. The van der Waals surface area contributed by atoms with Crippen LogP contribution in [0.3, 0.4) is 0 Å². The first-order valence-electron chi connectivity index (χ1n) is 13.2. The summed E-state index contributed by atoms with van der Waals surface area (Å²) in [4.78, 5) is 0. The van der Waals surface area contributed by atoms with Crippen LogP contribution >= 0.6 is 0 Å². The standard InChI is InChI=1S/C27H46O3/c1-16(15-28)5-8-23-17(2)25-24(30-23)14-22-20-7-6-18-13-19(29)9-11-26(18,3)21(20)10-12-27(22,25)4/h16-25,28-29H,5-15H2,1-4H3/t16-,17+,18-,19-,20+,21-,22-,23?,24-,25-,26-,27-/m0/s1. The molecule has 1 unspecified atom stereocenters. The first-order valence-corrected chi connectivity index (χ1v) is 13.2. The van der Waals surface area contributed by atoms with E-state index in [-0.39, 0.29) is 6.10 Å². The van der Waals surface area contributed by atoms with Gasteiger partial charge in [0.2, 0.25) is 0 Å². The average molecular weight is 419 g/mol. The van der Waals surface area contributed by atoms with E-state index >= 15 is 0 Å². The minimum atomic E-state index is -0.0425. The van der Waals surface area contributed by atoms with E-state index in [1.807, 2.05) is 0 Å². The van der Waals surface area contributed by atoms with Crippen molar-refractivity contribution in [3.8, 4) is 0 Å². The molecule has 0 amide bonds. The van der Waals surface area contributed by atoms with E-state index in [4.69, 9.17) is 4.74 Å². The van der Waals surface area contributed by atoms with Crippen LogP contribution in [0.25, 0.3) is 0 Å². The van der Waals surface area contributed by atoms with Crippen molar-refractivity contribution in [2.24, 2.45) is 52.3 Å². The molecule has 0 bridgehead atoms. The third-order valence-electron chi connectivity index (χ3n) is 11.5. The number of ether oxygens (including phenoxy) is 1. The number of aliphatic hydroxyl groups is 2. The molecule has 0 spiro atoms. The molecule has 4 aliphatic carbocycles. The van der Waals surface area contributed by atoms with Crippen LogP contribution in [-0.2, 0) is 4.74 Å². The van der Waals surface area contributed by atoms with Crippen LogP contribution in [0.5, 0.6) is 0 Å². The molecule has 2 N–H and O–H groups in total. The van der Waals surface area contributed by atoms with Gasteiger partial charge in [0, 0.05) is 6.61 Å². The quantitative estimate of drug-likeness (QED) is 0.640. The second-order valence-corrected chi connectivity index (χ2v) is 12.8. The molecule has 3 nitrogen and oxygen atoms in total. The Kier molecular flexibility index (Phi) is 5.60. The van der Waals surface area contributed by atoms with Crippen LogP contribution in [0, 0.1) is 52.3 Å². The van der Waals surface area contributed by atoms with E-state index in [2.05, 4.69) is 27.7 Å². The Hall–Kier alpha value is -0.120. The van der Waals surface area contributed by atoms with Gasteiger partial charge in [-0.1, -0.05) is 27.7 Å². The zero-order valence-electron chi connectivity index (χ0n) is 19.9. The molecule has 3 heteroatoms. The lowest BCUT2D eigenvalue weighted by Gasteiger charge is -2.61. The summed E-state index contributed by atoms with van der Waals surface area (Å²) in [7, 11) is 0. The fourth-order valence-electron chi connectivity index (χ4n) is 9.79. The molecule has 1 heterocycles. The summed E-state index contributed by atoms with van der Waals surface area (Å²) in [5.41, 5.74) is 0.927. The largest absolute Gasteiger partial charge is 0.396 e. The molecular formula is C27H46O3. The number of hydrogen-bond acceptors (Lipinski definition) is 3. The summed E-state index contributed by atoms with van der Waals surface area (Å²) in [5.74, 6) is 5.13. The predicted molar refractivity (Wildman–Crippen MR) is 120 cm³/mol. The Bertz CT molecular complexity index is 636. The van der Waals surface area contributed by atoms with Crippen molar-refractivity contribution >= 4 is 0 Å². The van der Waals surface area contributed by atoms with E-state index in [1.54, 1.807) is 0 Å². The highest BCUT2D eigenvalue weighted by molar-refractivity contribution is 5.14. The smallest absolute Gasteiger partial charge is 0.0618 e. The van der Waals surface area contributed by atoms with Gasteiger partial charge >= 0.3 is 0 Å². The molecule has 5 fully saturated rings. The van der Waals surface area contributed by atoms with Crippen molar-refractivity contribution in [2.45, 2.75) is 110 Å². The zero-order chi connectivity index (χ0) is 21.3. The summed E-state index contributed by atoms with van der Waals surface area (Å²) < 4.78 is 6.76. The molecule has 0 radical (unpaired) electrons.